The number of rotatable bonds is 3. The smallest absolute Gasteiger partial charge is 0.244 e. The number of aryl methyl sites for hydroxylation is 1. The third kappa shape index (κ3) is 3.13. The molecular weight excluding hydrogens is 243 g/mol. The Kier molecular flexibility index (Phi) is 4.20. The first-order valence-electron chi connectivity index (χ1n) is 6.82. The van der Waals surface area contributed by atoms with Crippen molar-refractivity contribution < 1.29 is 9.18 Å². The van der Waals surface area contributed by atoms with E-state index in [4.69, 9.17) is 0 Å². The molecule has 2 rings (SSSR count). The summed E-state index contributed by atoms with van der Waals surface area (Å²) < 4.78 is 13.1. The Bertz CT molecular complexity index is 473. The molecule has 1 aromatic carbocycles. The maximum Gasteiger partial charge on any atom is 0.244 e. The second kappa shape index (κ2) is 5.70. The molecule has 1 heterocycles. The highest BCUT2D eigenvalue weighted by atomic mass is 19.1. The van der Waals surface area contributed by atoms with Gasteiger partial charge in [0, 0.05) is 18.3 Å². The Labute approximate surface area is 113 Å². The molecule has 1 aliphatic heterocycles. The van der Waals surface area contributed by atoms with Crippen molar-refractivity contribution in [1.82, 2.24) is 5.32 Å². The molecule has 3 nitrogen and oxygen atoms in total. The lowest BCUT2D eigenvalue weighted by Crippen LogP contribution is -2.52. The van der Waals surface area contributed by atoms with Crippen LogP contribution >= 0.6 is 0 Å². The maximum atomic E-state index is 13.1. The van der Waals surface area contributed by atoms with Crippen molar-refractivity contribution in [2.75, 3.05) is 11.4 Å². The minimum absolute atomic E-state index is 0.0923. The van der Waals surface area contributed by atoms with Crippen molar-refractivity contribution in [3.63, 3.8) is 0 Å². The molecule has 1 amide bonds. The Morgan fingerprint density at radius 2 is 2.16 bits per heavy atom. The highest BCUT2D eigenvalue weighted by molar-refractivity contribution is 5.98. The largest absolute Gasteiger partial charge is 0.311 e. The molecule has 19 heavy (non-hydrogen) atoms. The molecule has 1 fully saturated rings. The van der Waals surface area contributed by atoms with Gasteiger partial charge in [0.1, 0.15) is 5.82 Å². The monoisotopic (exact) mass is 264 g/mol. The third-order valence-corrected chi connectivity index (χ3v) is 3.42. The lowest BCUT2D eigenvalue weighted by atomic mass is 10.0. The van der Waals surface area contributed by atoms with Gasteiger partial charge in [-0.3, -0.25) is 4.79 Å². The van der Waals surface area contributed by atoms with E-state index < -0.39 is 0 Å². The molecule has 0 bridgehead atoms. The first-order chi connectivity index (χ1) is 8.99. The van der Waals surface area contributed by atoms with Crippen LogP contribution in [-0.2, 0) is 4.79 Å². The number of carbonyl (C=O) groups is 1. The van der Waals surface area contributed by atoms with E-state index in [1.165, 1.54) is 12.1 Å². The van der Waals surface area contributed by atoms with Crippen LogP contribution < -0.4 is 10.2 Å². The predicted molar refractivity (Wildman–Crippen MR) is 74.8 cm³/mol. The minimum atomic E-state index is -0.262. The van der Waals surface area contributed by atoms with Gasteiger partial charge in [0.15, 0.2) is 0 Å². The molecule has 4 heteroatoms. The van der Waals surface area contributed by atoms with Crippen LogP contribution in [-0.4, -0.2) is 24.5 Å². The molecule has 1 atom stereocenters. The van der Waals surface area contributed by atoms with Gasteiger partial charge in [-0.25, -0.2) is 4.39 Å². The highest BCUT2D eigenvalue weighted by Gasteiger charge is 2.30. The summed E-state index contributed by atoms with van der Waals surface area (Å²) in [5, 5.41) is 3.30. The van der Waals surface area contributed by atoms with Crippen LogP contribution in [0.15, 0.2) is 18.2 Å². The zero-order valence-corrected chi connectivity index (χ0v) is 11.7. The summed E-state index contributed by atoms with van der Waals surface area (Å²) in [5.74, 6) is -0.169. The van der Waals surface area contributed by atoms with Crippen molar-refractivity contribution in [3.05, 3.63) is 29.6 Å². The quantitative estimate of drug-likeness (QED) is 0.910. The third-order valence-electron chi connectivity index (χ3n) is 3.42. The number of halogens is 1. The molecule has 1 aliphatic rings. The van der Waals surface area contributed by atoms with E-state index in [1.54, 1.807) is 11.0 Å². The lowest BCUT2D eigenvalue weighted by Gasteiger charge is -2.34. The van der Waals surface area contributed by atoms with Crippen molar-refractivity contribution in [1.29, 1.82) is 0 Å². The summed E-state index contributed by atoms with van der Waals surface area (Å²) in [6, 6.07) is 4.73. The van der Waals surface area contributed by atoms with Crippen LogP contribution in [0.25, 0.3) is 0 Å². The number of nitrogens with one attached hydrogen (secondary N) is 1. The molecule has 1 unspecified atom stereocenters. The summed E-state index contributed by atoms with van der Waals surface area (Å²) >= 11 is 0. The molecule has 1 N–H and O–H groups in total. The van der Waals surface area contributed by atoms with Crippen molar-refractivity contribution in [3.8, 4) is 0 Å². The van der Waals surface area contributed by atoms with Crippen LogP contribution in [0.3, 0.4) is 0 Å². The summed E-state index contributed by atoms with van der Waals surface area (Å²) in [6.45, 7) is 6.62. The number of anilines is 1. The number of piperidine rings is 1. The van der Waals surface area contributed by atoms with Gasteiger partial charge in [-0.05, 0) is 43.5 Å². The van der Waals surface area contributed by atoms with Crippen LogP contribution in [0, 0.1) is 12.7 Å². The molecular formula is C15H21FN2O. The fraction of sp³-hybridized carbons (Fsp3) is 0.533. The van der Waals surface area contributed by atoms with Gasteiger partial charge in [0.05, 0.1) is 6.04 Å². The summed E-state index contributed by atoms with van der Waals surface area (Å²) in [7, 11) is 0. The fourth-order valence-electron chi connectivity index (χ4n) is 2.59. The summed E-state index contributed by atoms with van der Waals surface area (Å²) in [5.41, 5.74) is 1.63. The second-order valence-corrected chi connectivity index (χ2v) is 5.44. The van der Waals surface area contributed by atoms with E-state index in [9.17, 15) is 9.18 Å². The molecule has 0 saturated carbocycles. The molecule has 0 spiro atoms. The van der Waals surface area contributed by atoms with Gasteiger partial charge < -0.3 is 10.2 Å². The van der Waals surface area contributed by atoms with E-state index in [-0.39, 0.29) is 23.8 Å². The molecule has 104 valence electrons. The lowest BCUT2D eigenvalue weighted by molar-refractivity contribution is -0.121. The molecule has 0 aliphatic carbocycles. The fourth-order valence-corrected chi connectivity index (χ4v) is 2.59. The van der Waals surface area contributed by atoms with Crippen molar-refractivity contribution >= 4 is 11.6 Å². The number of hydrogen-bond acceptors (Lipinski definition) is 2. The Morgan fingerprint density at radius 3 is 2.79 bits per heavy atom. The molecule has 1 aromatic rings. The predicted octanol–water partition coefficient (Wildman–Crippen LogP) is 2.63. The number of nitrogens with zero attached hydrogens (tertiary/aromatic N) is 1. The maximum absolute atomic E-state index is 13.1. The minimum Gasteiger partial charge on any atom is -0.311 e. The van der Waals surface area contributed by atoms with E-state index in [0.717, 1.165) is 24.1 Å². The van der Waals surface area contributed by atoms with Crippen LogP contribution in [0.2, 0.25) is 0 Å². The zero-order valence-electron chi connectivity index (χ0n) is 11.7. The highest BCUT2D eigenvalue weighted by Crippen LogP contribution is 2.25. The zero-order chi connectivity index (χ0) is 14.0. The van der Waals surface area contributed by atoms with Gasteiger partial charge >= 0.3 is 0 Å². The van der Waals surface area contributed by atoms with Gasteiger partial charge in [-0.2, -0.15) is 0 Å². The van der Waals surface area contributed by atoms with Crippen molar-refractivity contribution in [2.45, 2.75) is 45.7 Å². The van der Waals surface area contributed by atoms with Gasteiger partial charge in [-0.15, -0.1) is 0 Å². The van der Waals surface area contributed by atoms with Crippen LogP contribution in [0.4, 0.5) is 10.1 Å². The Balaban J connectivity index is 2.21. The number of carbonyl (C=O) groups excluding carboxylic acids is 1. The summed E-state index contributed by atoms with van der Waals surface area (Å²) in [6.07, 6.45) is 1.83. The normalized spacial score (nSPS) is 20.2. The number of benzene rings is 1. The van der Waals surface area contributed by atoms with Crippen LogP contribution in [0.5, 0.6) is 0 Å². The standard InChI is InChI=1S/C15H21FN2O/c1-10(2)17-13-5-4-8-18(15(13)19)14-7-6-12(16)9-11(14)3/h6-7,9-10,13,17H,4-5,8H2,1-3H3. The van der Waals surface area contributed by atoms with E-state index in [0.29, 0.717) is 6.54 Å². The first kappa shape index (κ1) is 14.0. The Hall–Kier alpha value is -1.42. The molecule has 0 radical (unpaired) electrons. The average molecular weight is 264 g/mol. The summed E-state index contributed by atoms with van der Waals surface area (Å²) in [4.78, 5) is 14.2. The van der Waals surface area contributed by atoms with E-state index in [1.807, 2.05) is 20.8 Å². The van der Waals surface area contributed by atoms with E-state index in [2.05, 4.69) is 5.32 Å². The second-order valence-electron chi connectivity index (χ2n) is 5.44. The SMILES string of the molecule is Cc1cc(F)ccc1N1CCCC(NC(C)C)C1=O. The van der Waals surface area contributed by atoms with Gasteiger partial charge in [0.2, 0.25) is 5.91 Å². The molecule has 0 aromatic heterocycles. The topological polar surface area (TPSA) is 32.3 Å². The Morgan fingerprint density at radius 1 is 1.42 bits per heavy atom. The van der Waals surface area contributed by atoms with Crippen molar-refractivity contribution in [2.24, 2.45) is 0 Å². The van der Waals surface area contributed by atoms with E-state index >= 15 is 0 Å². The first-order valence-corrected chi connectivity index (χ1v) is 6.82. The van der Waals surface area contributed by atoms with Gasteiger partial charge in [-0.1, -0.05) is 13.8 Å². The average Bonchev–Trinajstić information content (AvgIpc) is 2.32. The molecule has 1 saturated heterocycles. The van der Waals surface area contributed by atoms with Crippen LogP contribution in [0.1, 0.15) is 32.3 Å². The number of amides is 1. The number of hydrogen-bond donors (Lipinski definition) is 1. The van der Waals surface area contributed by atoms with Gasteiger partial charge in [0.25, 0.3) is 0 Å².